The van der Waals surface area contributed by atoms with E-state index in [1.165, 1.54) is 0 Å². The Labute approximate surface area is 173 Å². The predicted molar refractivity (Wildman–Crippen MR) is 111 cm³/mol. The van der Waals surface area contributed by atoms with Crippen LogP contribution < -0.4 is 5.32 Å². The van der Waals surface area contributed by atoms with Gasteiger partial charge in [-0.15, -0.1) is 0 Å². The van der Waals surface area contributed by atoms with Crippen molar-refractivity contribution in [3.8, 4) is 0 Å². The second kappa shape index (κ2) is 9.26. The Kier molecular flexibility index (Phi) is 6.95. The predicted octanol–water partition coefficient (Wildman–Crippen LogP) is 1.42. The van der Waals surface area contributed by atoms with Crippen molar-refractivity contribution in [2.75, 3.05) is 32.7 Å². The van der Waals surface area contributed by atoms with E-state index in [1.54, 1.807) is 23.9 Å². The summed E-state index contributed by atoms with van der Waals surface area (Å²) in [5, 5.41) is 18.5. The third-order valence-electron chi connectivity index (χ3n) is 6.10. The van der Waals surface area contributed by atoms with Crippen LogP contribution in [0, 0.1) is 0 Å². The van der Waals surface area contributed by atoms with E-state index < -0.39 is 5.60 Å². The minimum absolute atomic E-state index is 0.00317. The van der Waals surface area contributed by atoms with Crippen molar-refractivity contribution < 1.29 is 14.7 Å². The summed E-state index contributed by atoms with van der Waals surface area (Å²) >= 11 is 0. The number of aromatic nitrogens is 2. The van der Waals surface area contributed by atoms with Crippen molar-refractivity contribution in [1.29, 1.82) is 0 Å². The molecule has 0 radical (unpaired) electrons. The first kappa shape index (κ1) is 21.8. The number of amides is 2. The Morgan fingerprint density at radius 1 is 1.24 bits per heavy atom. The monoisotopic (exact) mass is 405 g/mol. The number of rotatable bonds is 5. The molecule has 1 atom stereocenters. The molecule has 8 nitrogen and oxygen atoms in total. The fourth-order valence-corrected chi connectivity index (χ4v) is 4.54. The van der Waals surface area contributed by atoms with E-state index in [2.05, 4.69) is 15.3 Å². The summed E-state index contributed by atoms with van der Waals surface area (Å²) in [6.45, 7) is 9.19. The number of nitrogens with zero attached hydrogens (tertiary/aromatic N) is 4. The van der Waals surface area contributed by atoms with Crippen LogP contribution in [0.3, 0.4) is 0 Å². The highest BCUT2D eigenvalue weighted by Crippen LogP contribution is 2.26. The lowest BCUT2D eigenvalue weighted by molar-refractivity contribution is -0.120. The van der Waals surface area contributed by atoms with Crippen LogP contribution in [0.5, 0.6) is 0 Å². The number of hydrogen-bond donors (Lipinski definition) is 2. The Morgan fingerprint density at radius 3 is 2.62 bits per heavy atom. The average molecular weight is 406 g/mol. The number of likely N-dealkylation sites (tertiary alicyclic amines) is 2. The van der Waals surface area contributed by atoms with Crippen molar-refractivity contribution in [1.82, 2.24) is 24.9 Å². The van der Waals surface area contributed by atoms with E-state index in [9.17, 15) is 14.7 Å². The zero-order valence-corrected chi connectivity index (χ0v) is 17.9. The summed E-state index contributed by atoms with van der Waals surface area (Å²) in [6.07, 6.45) is 5.58. The van der Waals surface area contributed by atoms with Crippen molar-refractivity contribution in [2.45, 2.75) is 70.6 Å². The molecule has 0 unspecified atom stereocenters. The molecule has 29 heavy (non-hydrogen) atoms. The van der Waals surface area contributed by atoms with Gasteiger partial charge in [0.05, 0.1) is 5.60 Å². The number of piperidine rings is 1. The van der Waals surface area contributed by atoms with Gasteiger partial charge in [0, 0.05) is 57.9 Å². The lowest BCUT2D eigenvalue weighted by Gasteiger charge is -2.38. The summed E-state index contributed by atoms with van der Waals surface area (Å²) in [5.74, 6) is 0.0194. The highest BCUT2D eigenvalue weighted by Gasteiger charge is 2.35. The molecule has 8 heteroatoms. The van der Waals surface area contributed by atoms with Gasteiger partial charge in [0.1, 0.15) is 5.69 Å². The van der Waals surface area contributed by atoms with Gasteiger partial charge in [0.25, 0.3) is 5.91 Å². The van der Waals surface area contributed by atoms with Gasteiger partial charge >= 0.3 is 0 Å². The molecule has 2 aliphatic heterocycles. The zero-order chi connectivity index (χ0) is 21.0. The minimum Gasteiger partial charge on any atom is -0.388 e. The Morgan fingerprint density at radius 2 is 1.97 bits per heavy atom. The number of carbonyl (C=O) groups excluding carboxylic acids is 2. The molecule has 3 rings (SSSR count). The van der Waals surface area contributed by atoms with Crippen LogP contribution >= 0.6 is 0 Å². The fourth-order valence-electron chi connectivity index (χ4n) is 4.54. The van der Waals surface area contributed by atoms with Gasteiger partial charge in [-0.3, -0.25) is 14.3 Å². The Bertz CT molecular complexity index is 711. The van der Waals surface area contributed by atoms with E-state index in [4.69, 9.17) is 0 Å². The maximum atomic E-state index is 13.0. The summed E-state index contributed by atoms with van der Waals surface area (Å²) in [6, 6.07) is 2.15. The molecule has 0 bridgehead atoms. The molecule has 2 N–H and O–H groups in total. The van der Waals surface area contributed by atoms with Gasteiger partial charge in [-0.2, -0.15) is 5.10 Å². The highest BCUT2D eigenvalue weighted by atomic mass is 16.3. The molecule has 2 saturated heterocycles. The molecule has 2 fully saturated rings. The molecule has 0 aliphatic carbocycles. The molecule has 3 heterocycles. The van der Waals surface area contributed by atoms with Crippen molar-refractivity contribution in [2.24, 2.45) is 0 Å². The van der Waals surface area contributed by atoms with E-state index in [0.29, 0.717) is 38.2 Å². The third-order valence-corrected chi connectivity index (χ3v) is 6.10. The average Bonchev–Trinajstić information content (AvgIpc) is 3.07. The van der Waals surface area contributed by atoms with Gasteiger partial charge in [0.15, 0.2) is 0 Å². The minimum atomic E-state index is -0.770. The molecule has 162 valence electrons. The quantitative estimate of drug-likeness (QED) is 0.773. The molecular formula is C21H35N5O3. The van der Waals surface area contributed by atoms with Gasteiger partial charge < -0.3 is 20.2 Å². The fraction of sp³-hybridized carbons (Fsp3) is 0.762. The number of hydrogen-bond acceptors (Lipinski definition) is 5. The van der Waals surface area contributed by atoms with Gasteiger partial charge in [-0.25, -0.2) is 0 Å². The summed E-state index contributed by atoms with van der Waals surface area (Å²) < 4.78 is 1.76. The SMILES string of the molecule is CC(=O)NC1CCN(C[C@]2(O)CCCN(C(=O)c3ccnn3C(C)C)CC2)CC1. The van der Waals surface area contributed by atoms with E-state index in [0.717, 1.165) is 32.4 Å². The maximum Gasteiger partial charge on any atom is 0.272 e. The lowest BCUT2D eigenvalue weighted by Crippen LogP contribution is -2.50. The van der Waals surface area contributed by atoms with Crippen LogP contribution in [0.1, 0.15) is 69.4 Å². The Balaban J connectivity index is 1.54. The second-order valence-electron chi connectivity index (χ2n) is 8.88. The Hall–Kier alpha value is -1.93. The molecule has 0 aromatic carbocycles. The van der Waals surface area contributed by atoms with Gasteiger partial charge in [0.2, 0.25) is 5.91 Å². The third kappa shape index (κ3) is 5.57. The van der Waals surface area contributed by atoms with Crippen LogP contribution in [0.15, 0.2) is 12.3 Å². The second-order valence-corrected chi connectivity index (χ2v) is 8.88. The maximum absolute atomic E-state index is 13.0. The van der Waals surface area contributed by atoms with Gasteiger partial charge in [-0.1, -0.05) is 0 Å². The number of aliphatic hydroxyl groups is 1. The first-order chi connectivity index (χ1) is 13.8. The molecule has 0 spiro atoms. The first-order valence-electron chi connectivity index (χ1n) is 10.8. The number of β-amino-alcohol motifs (C(OH)–C–C–N with tert-alkyl or cyclic N) is 1. The van der Waals surface area contributed by atoms with Crippen LogP contribution in [0.4, 0.5) is 0 Å². The normalized spacial score (nSPS) is 24.5. The summed E-state index contributed by atoms with van der Waals surface area (Å²) in [4.78, 5) is 28.4. The van der Waals surface area contributed by atoms with E-state index in [-0.39, 0.29) is 23.9 Å². The number of carbonyl (C=O) groups is 2. The van der Waals surface area contributed by atoms with Crippen LogP contribution in [0.25, 0.3) is 0 Å². The van der Waals surface area contributed by atoms with Crippen molar-refractivity contribution in [3.05, 3.63) is 18.0 Å². The highest BCUT2D eigenvalue weighted by molar-refractivity contribution is 5.92. The molecule has 1 aromatic rings. The standard InChI is InChI=1S/C21H35N5O3/c1-16(2)26-19(5-10-22-26)20(28)25-11-4-8-21(29,9-14-25)15-24-12-6-18(7-13-24)23-17(3)27/h5,10,16,18,29H,4,6-9,11-15H2,1-3H3,(H,23,27)/t21-/m0/s1. The van der Waals surface area contributed by atoms with Crippen LogP contribution in [-0.2, 0) is 4.79 Å². The molecule has 2 amide bonds. The largest absolute Gasteiger partial charge is 0.388 e. The lowest BCUT2D eigenvalue weighted by atomic mass is 9.93. The molecular weight excluding hydrogens is 370 g/mol. The number of nitrogens with one attached hydrogen (secondary N) is 1. The van der Waals surface area contributed by atoms with Crippen molar-refractivity contribution in [3.63, 3.8) is 0 Å². The van der Waals surface area contributed by atoms with Crippen LogP contribution in [0.2, 0.25) is 0 Å². The topological polar surface area (TPSA) is 90.7 Å². The summed E-state index contributed by atoms with van der Waals surface area (Å²) in [5.41, 5.74) is -0.153. The van der Waals surface area contributed by atoms with E-state index in [1.807, 2.05) is 18.7 Å². The molecule has 2 aliphatic rings. The summed E-state index contributed by atoms with van der Waals surface area (Å²) in [7, 11) is 0. The molecule has 0 saturated carbocycles. The zero-order valence-electron chi connectivity index (χ0n) is 17.9. The van der Waals surface area contributed by atoms with Crippen molar-refractivity contribution >= 4 is 11.8 Å². The molecule has 1 aromatic heterocycles. The van der Waals surface area contributed by atoms with Crippen LogP contribution in [-0.4, -0.2) is 80.9 Å². The van der Waals surface area contributed by atoms with Gasteiger partial charge in [-0.05, 0) is 52.0 Å². The smallest absolute Gasteiger partial charge is 0.272 e. The first-order valence-corrected chi connectivity index (χ1v) is 10.8. The van der Waals surface area contributed by atoms with E-state index >= 15 is 0 Å².